The number of amides is 1. The number of nitrogens with zero attached hydrogens (tertiary/aromatic N) is 3. The average molecular weight is 293 g/mol. The Kier molecular flexibility index (Phi) is 3.83. The summed E-state index contributed by atoms with van der Waals surface area (Å²) in [4.78, 5) is 22.1. The minimum absolute atomic E-state index is 0.0339. The number of hydrogen-bond donors (Lipinski definition) is 2. The predicted octanol–water partition coefficient (Wildman–Crippen LogP) is 0.980. The minimum Gasteiger partial charge on any atom is -0.384 e. The molecule has 21 heavy (non-hydrogen) atoms. The largest absolute Gasteiger partial charge is 0.384 e. The summed E-state index contributed by atoms with van der Waals surface area (Å²) in [6, 6.07) is 2.69. The van der Waals surface area contributed by atoms with Gasteiger partial charge in [-0.25, -0.2) is 4.39 Å². The van der Waals surface area contributed by atoms with Crippen LogP contribution in [0.5, 0.6) is 0 Å². The summed E-state index contributed by atoms with van der Waals surface area (Å²) < 4.78 is 14.6. The summed E-state index contributed by atoms with van der Waals surface area (Å²) >= 11 is 0. The second kappa shape index (κ2) is 5.57. The van der Waals surface area contributed by atoms with Crippen LogP contribution in [0.1, 0.15) is 15.9 Å². The van der Waals surface area contributed by atoms with Crippen LogP contribution in [0.15, 0.2) is 24.4 Å². The summed E-state index contributed by atoms with van der Waals surface area (Å²) in [5.41, 5.74) is 5.46. The molecule has 0 spiro atoms. The number of aryl methyl sites for hydroxylation is 1. The molecule has 1 aromatic carbocycles. The quantitative estimate of drug-likeness (QED) is 0.644. The number of carbonyl (C=O) groups excluding carboxylic acids is 1. The van der Waals surface area contributed by atoms with Crippen molar-refractivity contribution in [2.24, 2.45) is 7.05 Å². The first-order chi connectivity index (χ1) is 9.90. The van der Waals surface area contributed by atoms with Crippen molar-refractivity contribution < 1.29 is 14.1 Å². The van der Waals surface area contributed by atoms with Gasteiger partial charge < -0.3 is 11.1 Å². The van der Waals surface area contributed by atoms with Crippen LogP contribution in [0.25, 0.3) is 0 Å². The number of hydrogen-bond acceptors (Lipinski definition) is 5. The Balaban J connectivity index is 2.19. The number of nitro groups is 1. The van der Waals surface area contributed by atoms with E-state index < -0.39 is 22.3 Å². The van der Waals surface area contributed by atoms with Crippen LogP contribution in [-0.2, 0) is 13.6 Å². The van der Waals surface area contributed by atoms with Gasteiger partial charge in [0.2, 0.25) is 0 Å². The summed E-state index contributed by atoms with van der Waals surface area (Å²) in [5.74, 6) is -1.12. The van der Waals surface area contributed by atoms with Crippen molar-refractivity contribution in [1.29, 1.82) is 0 Å². The number of nitrogens with two attached hydrogens (primary N) is 1. The third-order valence-corrected chi connectivity index (χ3v) is 2.90. The van der Waals surface area contributed by atoms with E-state index >= 15 is 0 Å². The van der Waals surface area contributed by atoms with E-state index in [1.807, 2.05) is 0 Å². The second-order valence-electron chi connectivity index (χ2n) is 4.28. The number of anilines is 1. The van der Waals surface area contributed by atoms with Crippen molar-refractivity contribution in [1.82, 2.24) is 15.1 Å². The number of halogens is 1. The van der Waals surface area contributed by atoms with Gasteiger partial charge in [-0.15, -0.1) is 0 Å². The second-order valence-corrected chi connectivity index (χ2v) is 4.28. The fourth-order valence-electron chi connectivity index (χ4n) is 1.75. The third kappa shape index (κ3) is 2.96. The van der Waals surface area contributed by atoms with Gasteiger partial charge in [0.25, 0.3) is 11.6 Å². The number of nitrogens with one attached hydrogen (secondary N) is 1. The van der Waals surface area contributed by atoms with E-state index in [1.165, 1.54) is 10.9 Å². The van der Waals surface area contributed by atoms with Crippen LogP contribution < -0.4 is 11.1 Å². The van der Waals surface area contributed by atoms with Crippen molar-refractivity contribution in [3.63, 3.8) is 0 Å². The monoisotopic (exact) mass is 293 g/mol. The summed E-state index contributed by atoms with van der Waals surface area (Å²) in [6.45, 7) is 0.0339. The van der Waals surface area contributed by atoms with Crippen molar-refractivity contribution in [2.45, 2.75) is 6.54 Å². The zero-order valence-corrected chi connectivity index (χ0v) is 11.0. The lowest BCUT2D eigenvalue weighted by Gasteiger charge is -2.06. The predicted molar refractivity (Wildman–Crippen MR) is 71.8 cm³/mol. The molecule has 8 nitrogen and oxygen atoms in total. The zero-order valence-electron chi connectivity index (χ0n) is 11.0. The van der Waals surface area contributed by atoms with Crippen LogP contribution in [0.3, 0.4) is 0 Å². The molecule has 1 aromatic heterocycles. The number of nitro benzene ring substituents is 1. The highest BCUT2D eigenvalue weighted by Crippen LogP contribution is 2.19. The molecule has 9 heteroatoms. The van der Waals surface area contributed by atoms with Gasteiger partial charge in [0, 0.05) is 25.2 Å². The topological polar surface area (TPSA) is 116 Å². The Morgan fingerprint density at radius 1 is 1.57 bits per heavy atom. The molecule has 1 heterocycles. The number of nitrogen functional groups attached to an aromatic ring is 1. The molecule has 0 fully saturated rings. The van der Waals surface area contributed by atoms with Gasteiger partial charge in [-0.1, -0.05) is 0 Å². The maximum atomic E-state index is 13.2. The molecule has 0 aliphatic carbocycles. The third-order valence-electron chi connectivity index (χ3n) is 2.90. The van der Waals surface area contributed by atoms with Gasteiger partial charge in [0.05, 0.1) is 11.1 Å². The molecule has 0 saturated carbocycles. The molecule has 0 bridgehead atoms. The SMILES string of the molecule is Cn1ncc(CNC(=O)c2cc(F)ccc2[N+](=O)[O-])c1N. The van der Waals surface area contributed by atoms with Crippen LogP contribution in [0.4, 0.5) is 15.9 Å². The number of benzene rings is 1. The molecule has 3 N–H and O–H groups in total. The molecule has 0 atom stereocenters. The van der Waals surface area contributed by atoms with Crippen molar-refractivity contribution in [2.75, 3.05) is 5.73 Å². The molecule has 0 unspecified atom stereocenters. The van der Waals surface area contributed by atoms with Crippen LogP contribution in [-0.4, -0.2) is 20.6 Å². The lowest BCUT2D eigenvalue weighted by molar-refractivity contribution is -0.385. The summed E-state index contributed by atoms with van der Waals surface area (Å²) in [6.07, 6.45) is 1.47. The fourth-order valence-corrected chi connectivity index (χ4v) is 1.75. The Morgan fingerprint density at radius 3 is 2.86 bits per heavy atom. The van der Waals surface area contributed by atoms with E-state index in [2.05, 4.69) is 10.4 Å². The molecule has 0 saturated heterocycles. The van der Waals surface area contributed by atoms with E-state index in [0.717, 1.165) is 18.2 Å². The van der Waals surface area contributed by atoms with Crippen LogP contribution >= 0.6 is 0 Å². The molecular formula is C12H12FN5O3. The highest BCUT2D eigenvalue weighted by molar-refractivity contribution is 5.98. The van der Waals surface area contributed by atoms with Gasteiger partial charge in [0.1, 0.15) is 17.2 Å². The molecule has 2 rings (SSSR count). The van der Waals surface area contributed by atoms with Crippen molar-refractivity contribution >= 4 is 17.4 Å². The molecular weight excluding hydrogens is 281 g/mol. The van der Waals surface area contributed by atoms with Crippen molar-refractivity contribution in [3.05, 3.63) is 51.5 Å². The lowest BCUT2D eigenvalue weighted by atomic mass is 10.1. The van der Waals surface area contributed by atoms with Gasteiger partial charge in [0.15, 0.2) is 0 Å². The van der Waals surface area contributed by atoms with E-state index in [1.54, 1.807) is 7.05 Å². The Labute approximate surface area is 118 Å². The van der Waals surface area contributed by atoms with Gasteiger partial charge in [-0.05, 0) is 12.1 Å². The summed E-state index contributed by atoms with van der Waals surface area (Å²) in [5, 5.41) is 17.2. The van der Waals surface area contributed by atoms with Crippen molar-refractivity contribution in [3.8, 4) is 0 Å². The van der Waals surface area contributed by atoms with E-state index in [9.17, 15) is 19.3 Å². The highest BCUT2D eigenvalue weighted by atomic mass is 19.1. The molecule has 0 aliphatic rings. The Morgan fingerprint density at radius 2 is 2.29 bits per heavy atom. The normalized spacial score (nSPS) is 10.4. The van der Waals surface area contributed by atoms with Crippen LogP contribution in [0.2, 0.25) is 0 Å². The smallest absolute Gasteiger partial charge is 0.282 e. The standard InChI is InChI=1S/C12H12FN5O3/c1-17-11(14)7(6-16-17)5-15-12(19)9-4-8(13)2-3-10(9)18(20)21/h2-4,6H,5,14H2,1H3,(H,15,19). The van der Waals surface area contributed by atoms with E-state index in [0.29, 0.717) is 11.4 Å². The molecule has 0 aliphatic heterocycles. The molecule has 0 radical (unpaired) electrons. The van der Waals surface area contributed by atoms with E-state index in [-0.39, 0.29) is 12.1 Å². The number of aromatic nitrogens is 2. The first-order valence-electron chi connectivity index (χ1n) is 5.88. The lowest BCUT2D eigenvalue weighted by Crippen LogP contribution is -2.24. The highest BCUT2D eigenvalue weighted by Gasteiger charge is 2.21. The Hall–Kier alpha value is -2.97. The zero-order chi connectivity index (χ0) is 15.6. The first-order valence-corrected chi connectivity index (χ1v) is 5.88. The Bertz CT molecular complexity index is 713. The molecule has 110 valence electrons. The molecule has 1 amide bonds. The maximum absolute atomic E-state index is 13.2. The fraction of sp³-hybridized carbons (Fsp3) is 0.167. The number of carbonyl (C=O) groups is 1. The average Bonchev–Trinajstić information content (AvgIpc) is 2.75. The van der Waals surface area contributed by atoms with E-state index in [4.69, 9.17) is 5.73 Å². The molecule has 2 aromatic rings. The maximum Gasteiger partial charge on any atom is 0.282 e. The first kappa shape index (κ1) is 14.4. The van der Waals surface area contributed by atoms with Gasteiger partial charge >= 0.3 is 0 Å². The van der Waals surface area contributed by atoms with Gasteiger partial charge in [-0.2, -0.15) is 5.10 Å². The number of rotatable bonds is 4. The summed E-state index contributed by atoms with van der Waals surface area (Å²) in [7, 11) is 1.64. The van der Waals surface area contributed by atoms with Crippen LogP contribution in [0, 0.1) is 15.9 Å². The van der Waals surface area contributed by atoms with Gasteiger partial charge in [-0.3, -0.25) is 19.6 Å². The minimum atomic E-state index is -0.760.